The molecule has 0 saturated carbocycles. The van der Waals surface area contributed by atoms with E-state index in [0.717, 1.165) is 36.0 Å². The largest absolute Gasteiger partial charge is 0.358 e. The average molecular weight is 555 g/mol. The van der Waals surface area contributed by atoms with Crippen LogP contribution >= 0.6 is 0 Å². The zero-order chi connectivity index (χ0) is 28.1. The lowest BCUT2D eigenvalue weighted by Gasteiger charge is -2.36. The Kier molecular flexibility index (Phi) is 8.25. The Morgan fingerprint density at radius 1 is 0.829 bits per heavy atom. The zero-order valence-electron chi connectivity index (χ0n) is 22.8. The van der Waals surface area contributed by atoms with E-state index in [-0.39, 0.29) is 19.0 Å². The number of aromatic amines is 1. The van der Waals surface area contributed by atoms with Gasteiger partial charge >= 0.3 is 5.69 Å². The minimum Gasteiger partial charge on any atom is -0.358 e. The molecule has 8 nitrogen and oxygen atoms in total. The van der Waals surface area contributed by atoms with E-state index < -0.39 is 29.2 Å². The highest BCUT2D eigenvalue weighted by molar-refractivity contribution is 5.47. The number of nitrogens with one attached hydrogen (secondary N) is 1. The lowest BCUT2D eigenvalue weighted by atomic mass is 9.80. The standard InChI is InChI=1S/C33H34N2O6/c36-29-19-20-35(32(37)34-29)31-28(41-30-18-10-11-21-38-30)22-27(40-31)23-39-33(24-12-4-1-5-13-24,25-14-6-2-7-15-25)26-16-8-3-9-17-26/h1-9,12-17,19-20,27-28,30-31H,10-11,18,21-23H2,(H,34,36,37)/t27-,28+,30-,31+/m0/s1. The third-order valence-electron chi connectivity index (χ3n) is 7.76. The molecule has 0 aliphatic carbocycles. The van der Waals surface area contributed by atoms with Crippen molar-refractivity contribution in [3.63, 3.8) is 0 Å². The highest BCUT2D eigenvalue weighted by Crippen LogP contribution is 2.42. The number of H-pyrrole nitrogens is 1. The van der Waals surface area contributed by atoms with E-state index in [9.17, 15) is 9.59 Å². The van der Waals surface area contributed by atoms with Crippen LogP contribution in [0, 0.1) is 0 Å². The fraction of sp³-hybridized carbons (Fsp3) is 0.333. The van der Waals surface area contributed by atoms with Gasteiger partial charge in [0.1, 0.15) is 11.7 Å². The molecule has 4 aromatic rings. The molecule has 2 fully saturated rings. The van der Waals surface area contributed by atoms with Gasteiger partial charge in [-0.05, 0) is 36.0 Å². The first-order valence-corrected chi connectivity index (χ1v) is 14.2. The van der Waals surface area contributed by atoms with Crippen LogP contribution in [0.5, 0.6) is 0 Å². The van der Waals surface area contributed by atoms with Crippen LogP contribution in [-0.4, -0.2) is 41.3 Å². The molecule has 0 bridgehead atoms. The number of ether oxygens (including phenoxy) is 4. The summed E-state index contributed by atoms with van der Waals surface area (Å²) in [4.78, 5) is 26.8. The molecule has 3 heterocycles. The second kappa shape index (κ2) is 12.4. The van der Waals surface area contributed by atoms with Gasteiger partial charge in [0.2, 0.25) is 0 Å². The minimum absolute atomic E-state index is 0.235. The monoisotopic (exact) mass is 554 g/mol. The molecule has 2 aliphatic rings. The van der Waals surface area contributed by atoms with Crippen molar-refractivity contribution in [2.75, 3.05) is 13.2 Å². The van der Waals surface area contributed by atoms with Gasteiger partial charge in [-0.25, -0.2) is 4.79 Å². The molecule has 3 aromatic carbocycles. The fourth-order valence-electron chi connectivity index (χ4n) is 5.82. The second-order valence-corrected chi connectivity index (χ2v) is 10.5. The summed E-state index contributed by atoms with van der Waals surface area (Å²) in [6.45, 7) is 0.875. The fourth-order valence-corrected chi connectivity index (χ4v) is 5.82. The van der Waals surface area contributed by atoms with Crippen molar-refractivity contribution in [1.82, 2.24) is 9.55 Å². The molecule has 0 unspecified atom stereocenters. The first-order valence-electron chi connectivity index (χ1n) is 14.2. The highest BCUT2D eigenvalue weighted by atomic mass is 16.7. The van der Waals surface area contributed by atoms with E-state index in [2.05, 4.69) is 41.4 Å². The number of nitrogens with zero attached hydrogens (tertiary/aromatic N) is 1. The summed E-state index contributed by atoms with van der Waals surface area (Å²) in [7, 11) is 0. The predicted octanol–water partition coefficient (Wildman–Crippen LogP) is 4.74. The van der Waals surface area contributed by atoms with Crippen molar-refractivity contribution in [3.05, 3.63) is 141 Å². The van der Waals surface area contributed by atoms with Crippen LogP contribution in [0.1, 0.15) is 48.6 Å². The van der Waals surface area contributed by atoms with Gasteiger partial charge in [-0.2, -0.15) is 0 Å². The van der Waals surface area contributed by atoms with Gasteiger partial charge < -0.3 is 18.9 Å². The van der Waals surface area contributed by atoms with Gasteiger partial charge in [0, 0.05) is 25.3 Å². The Morgan fingerprint density at radius 3 is 1.98 bits per heavy atom. The topological polar surface area (TPSA) is 91.8 Å². The van der Waals surface area contributed by atoms with Gasteiger partial charge in [-0.1, -0.05) is 91.0 Å². The van der Waals surface area contributed by atoms with Crippen LogP contribution in [0.25, 0.3) is 0 Å². The summed E-state index contributed by atoms with van der Waals surface area (Å²) in [5.41, 5.74) is 1.07. The van der Waals surface area contributed by atoms with Crippen LogP contribution in [0.2, 0.25) is 0 Å². The lowest BCUT2D eigenvalue weighted by molar-refractivity contribution is -0.205. The Balaban J connectivity index is 1.33. The summed E-state index contributed by atoms with van der Waals surface area (Å²) >= 11 is 0. The Morgan fingerprint density at radius 2 is 1.44 bits per heavy atom. The second-order valence-electron chi connectivity index (χ2n) is 10.5. The molecule has 1 aromatic heterocycles. The molecule has 1 N–H and O–H groups in total. The molecule has 0 spiro atoms. The number of benzene rings is 3. The van der Waals surface area contributed by atoms with E-state index >= 15 is 0 Å². The summed E-state index contributed by atoms with van der Waals surface area (Å²) in [6, 6.07) is 31.8. The molecule has 2 aliphatic heterocycles. The normalized spacial score (nSPS) is 22.9. The molecule has 6 rings (SSSR count). The Labute approximate surface area is 238 Å². The smallest absolute Gasteiger partial charge is 0.330 e. The maximum absolute atomic E-state index is 12.8. The minimum atomic E-state index is -0.900. The number of hydrogen-bond donors (Lipinski definition) is 1. The highest BCUT2D eigenvalue weighted by Gasteiger charge is 2.43. The zero-order valence-corrected chi connectivity index (χ0v) is 22.8. The molecule has 4 atom stereocenters. The van der Waals surface area contributed by atoms with Crippen molar-refractivity contribution >= 4 is 0 Å². The van der Waals surface area contributed by atoms with Crippen LogP contribution in [-0.2, 0) is 24.5 Å². The summed E-state index contributed by atoms with van der Waals surface area (Å²) in [5, 5.41) is 0. The average Bonchev–Trinajstić information content (AvgIpc) is 3.41. The molecule has 41 heavy (non-hydrogen) atoms. The molecular weight excluding hydrogens is 520 g/mol. The van der Waals surface area contributed by atoms with Crippen LogP contribution in [0.15, 0.2) is 113 Å². The predicted molar refractivity (Wildman–Crippen MR) is 153 cm³/mol. The lowest BCUT2D eigenvalue weighted by Crippen LogP contribution is -2.38. The summed E-state index contributed by atoms with van der Waals surface area (Å²) in [5.74, 6) is 0. The number of aromatic nitrogens is 2. The summed E-state index contributed by atoms with van der Waals surface area (Å²) in [6.07, 6.45) is 2.79. The van der Waals surface area contributed by atoms with Gasteiger partial charge in [0.05, 0.1) is 12.7 Å². The maximum atomic E-state index is 12.8. The molecule has 212 valence electrons. The Hall–Kier alpha value is -3.82. The van der Waals surface area contributed by atoms with Gasteiger partial charge in [0.25, 0.3) is 5.56 Å². The van der Waals surface area contributed by atoms with Crippen LogP contribution in [0.3, 0.4) is 0 Å². The SMILES string of the molecule is O=c1ccn([C@@H]2O[C@H](COC(c3ccccc3)(c3ccccc3)c3ccccc3)C[C@H]2O[C@H]2CCCCO2)c(=O)[nH]1. The first-order chi connectivity index (χ1) is 20.1. The van der Waals surface area contributed by atoms with E-state index in [1.54, 1.807) is 0 Å². The third-order valence-corrected chi connectivity index (χ3v) is 7.76. The maximum Gasteiger partial charge on any atom is 0.330 e. The van der Waals surface area contributed by atoms with Gasteiger partial charge in [0.15, 0.2) is 12.5 Å². The quantitative estimate of drug-likeness (QED) is 0.301. The molecule has 8 heteroatoms. The molecule has 2 saturated heterocycles. The van der Waals surface area contributed by atoms with Crippen molar-refractivity contribution in [1.29, 1.82) is 0 Å². The number of rotatable bonds is 9. The first kappa shape index (κ1) is 27.4. The van der Waals surface area contributed by atoms with E-state index in [0.29, 0.717) is 13.0 Å². The number of hydrogen-bond acceptors (Lipinski definition) is 6. The van der Waals surface area contributed by atoms with Crippen molar-refractivity contribution in [3.8, 4) is 0 Å². The molecule has 0 radical (unpaired) electrons. The Bertz CT molecular complexity index is 1420. The van der Waals surface area contributed by atoms with E-state index in [1.165, 1.54) is 16.8 Å². The molecular formula is C33H34N2O6. The van der Waals surface area contributed by atoms with E-state index in [1.807, 2.05) is 54.6 Å². The van der Waals surface area contributed by atoms with E-state index in [4.69, 9.17) is 18.9 Å². The van der Waals surface area contributed by atoms with Crippen molar-refractivity contribution in [2.45, 2.75) is 56.0 Å². The van der Waals surface area contributed by atoms with Gasteiger partial charge in [-0.3, -0.25) is 14.3 Å². The van der Waals surface area contributed by atoms with Gasteiger partial charge in [-0.15, -0.1) is 0 Å². The summed E-state index contributed by atoms with van der Waals surface area (Å²) < 4.78 is 27.0. The van der Waals surface area contributed by atoms with Crippen LogP contribution < -0.4 is 11.2 Å². The van der Waals surface area contributed by atoms with Crippen molar-refractivity contribution in [2.24, 2.45) is 0 Å². The van der Waals surface area contributed by atoms with Crippen molar-refractivity contribution < 1.29 is 18.9 Å². The third kappa shape index (κ3) is 5.83. The molecule has 0 amide bonds. The van der Waals surface area contributed by atoms with Crippen LogP contribution in [0.4, 0.5) is 0 Å².